The molecule has 4 unspecified atom stereocenters. The summed E-state index contributed by atoms with van der Waals surface area (Å²) in [6, 6.07) is 33.4. The molecule has 0 saturated carbocycles. The zero-order chi connectivity index (χ0) is 67.2. The van der Waals surface area contributed by atoms with Gasteiger partial charge in [-0.25, -0.2) is 9.59 Å². The zero-order valence-corrected chi connectivity index (χ0v) is 57.1. The van der Waals surface area contributed by atoms with Gasteiger partial charge in [-0.15, -0.1) is 0 Å². The molecule has 0 aromatic heterocycles. The Labute approximate surface area is 566 Å². The number of benzene rings is 4. The van der Waals surface area contributed by atoms with Gasteiger partial charge in [0.25, 0.3) is 0 Å². The number of hydrogen-bond donors (Lipinski definition) is 8. The number of alkyl carbamates (subject to hydrolysis) is 2. The molecule has 4 rings (SSSR count). The largest absolute Gasteiger partial charge is 1.00 e. The first-order chi connectivity index (χ1) is 42.1. The van der Waals surface area contributed by atoms with Crippen molar-refractivity contribution < 1.29 is 123 Å². The summed E-state index contributed by atoms with van der Waals surface area (Å²) in [7, 11) is -10.2. The number of amides is 4. The first-order valence-electron chi connectivity index (χ1n) is 30.0. The third kappa shape index (κ3) is 37.2. The topological polar surface area (TPSA) is 379 Å². The molecule has 0 radical (unpaired) electrons. The number of aliphatic hydroxyl groups is 2. The molecule has 500 valence electrons. The van der Waals surface area contributed by atoms with E-state index in [1.807, 2.05) is 100 Å². The molecule has 10 N–H and O–H groups in total. The normalized spacial score (nSPS) is 15.4. The number of ether oxygens (including phenoxy) is 2. The Morgan fingerprint density at radius 3 is 1.01 bits per heavy atom. The van der Waals surface area contributed by atoms with Crippen LogP contribution < -0.4 is 80.2 Å². The summed E-state index contributed by atoms with van der Waals surface area (Å²) >= 11 is 0. The van der Waals surface area contributed by atoms with Gasteiger partial charge in [-0.1, -0.05) is 149 Å². The first-order valence-corrected chi connectivity index (χ1v) is 33.0. The molecule has 0 spiro atoms. The van der Waals surface area contributed by atoms with Gasteiger partial charge in [-0.3, -0.25) is 38.9 Å². The molecule has 92 heavy (non-hydrogen) atoms. The fourth-order valence-electron chi connectivity index (χ4n) is 9.00. The average Bonchev–Trinajstić information content (AvgIpc) is 1.31. The van der Waals surface area contributed by atoms with Crippen LogP contribution in [0.5, 0.6) is 0 Å². The number of aliphatic hydroxyl groups excluding tert-OH is 2. The van der Waals surface area contributed by atoms with Gasteiger partial charge in [0.2, 0.25) is 11.8 Å². The van der Waals surface area contributed by atoms with Gasteiger partial charge in [0.05, 0.1) is 49.3 Å². The van der Waals surface area contributed by atoms with Crippen LogP contribution in [0.2, 0.25) is 0 Å². The van der Waals surface area contributed by atoms with Crippen molar-refractivity contribution in [1.82, 2.24) is 21.3 Å². The van der Waals surface area contributed by atoms with Crippen molar-refractivity contribution in [3.8, 4) is 0 Å². The van der Waals surface area contributed by atoms with Gasteiger partial charge >= 0.3 is 77.5 Å². The van der Waals surface area contributed by atoms with Crippen LogP contribution in [0.25, 0.3) is 0 Å². The zero-order valence-electron chi connectivity index (χ0n) is 55.3. The minimum Gasteiger partial charge on any atom is -0.746 e. The number of nitrogens with two attached hydrogens (primary N) is 2. The van der Waals surface area contributed by atoms with Gasteiger partial charge in [-0.2, -0.15) is 0 Å². The second kappa shape index (κ2) is 42.4. The number of carbonyl (C=O) groups excluding carboxylic acids is 6. The van der Waals surface area contributed by atoms with Crippen molar-refractivity contribution in [1.29, 1.82) is 0 Å². The summed E-state index contributed by atoms with van der Waals surface area (Å²) in [5.74, 6) is -5.35. The van der Waals surface area contributed by atoms with Crippen molar-refractivity contribution in [2.24, 2.45) is 35.1 Å². The fraction of sp³-hybridized carbons (Fsp3) is 0.531. The Hall–Kier alpha value is -5.05. The van der Waals surface area contributed by atoms with E-state index in [0.29, 0.717) is 25.7 Å². The number of carbonyl (C=O) groups is 6. The van der Waals surface area contributed by atoms with E-state index in [1.54, 1.807) is 90.1 Å². The summed E-state index contributed by atoms with van der Waals surface area (Å²) in [6.45, 7) is 16.4. The SMILES string of the molecule is CC(C)C[C@@H](NCCOP(=O)([O-])OC(=O)C(Cc1ccccc1)C[C@H](O)[C@@H](N)Cc1ccccc1)C(=O)NC(=O)OC(C)(C)C.CC(C)C[C@@H](NCCOP(=O)([O-])OC(=O)C(Cc1ccccc1)C[C@H](O)[C@@H](N)Cc1ccccc1)C(=O)NC(=O)OC(C)(C)C.[Li+].[Li+]. The fourth-order valence-corrected chi connectivity index (χ4v) is 10.5. The van der Waals surface area contributed by atoms with Crippen LogP contribution in [0.1, 0.15) is 117 Å². The summed E-state index contributed by atoms with van der Waals surface area (Å²) in [5, 5.41) is 31.8. The van der Waals surface area contributed by atoms with Gasteiger partial charge in [0.15, 0.2) is 0 Å². The van der Waals surface area contributed by atoms with E-state index in [2.05, 4.69) is 21.3 Å². The molecule has 0 aliphatic heterocycles. The summed E-state index contributed by atoms with van der Waals surface area (Å²) in [4.78, 5) is 101. The second-order valence-electron chi connectivity index (χ2n) is 24.7. The molecule has 10 atom stereocenters. The maximum atomic E-state index is 13.1. The Bertz CT molecular complexity index is 2720. The molecule has 0 bridgehead atoms. The van der Waals surface area contributed by atoms with Crippen molar-refractivity contribution in [3.63, 3.8) is 0 Å². The van der Waals surface area contributed by atoms with Gasteiger partial charge in [-0.05, 0) is 127 Å². The molecule has 0 heterocycles. The van der Waals surface area contributed by atoms with Crippen molar-refractivity contribution in [2.45, 2.75) is 168 Å². The Morgan fingerprint density at radius 1 is 0.478 bits per heavy atom. The quantitative estimate of drug-likeness (QED) is 0.0179. The number of imide groups is 2. The van der Waals surface area contributed by atoms with Crippen LogP contribution in [-0.2, 0) is 81.6 Å². The number of phosphoric acid groups is 2. The molecule has 0 aliphatic rings. The third-order valence-electron chi connectivity index (χ3n) is 13.2. The molecule has 4 aromatic carbocycles. The molecule has 28 heteroatoms. The standard InChI is InChI=1S/2C32H48N3O9P.2Li/c2*1-22(2)18-27(29(37)35-31(39)43-32(3,4)5)34-16-17-42-45(40,41)44-30(38)25(19-23-12-8-6-9-13-23)21-28(36)26(33)20-24-14-10-7-11-15-24;;/h2*6-15,22,25-28,34,36H,16-21,33H2,1-5H3,(H,40,41)(H,35,37,39);;/q;;2*+1/p-2/t2*25?,26-,27+,28-;;/m00../s1. The molecule has 0 fully saturated rings. The van der Waals surface area contributed by atoms with Crippen molar-refractivity contribution >= 4 is 51.6 Å². The van der Waals surface area contributed by atoms with Gasteiger partial charge in [0.1, 0.15) is 11.2 Å². The van der Waals surface area contributed by atoms with Crippen LogP contribution >= 0.6 is 15.6 Å². The van der Waals surface area contributed by atoms with Crippen molar-refractivity contribution in [3.05, 3.63) is 144 Å². The first kappa shape index (κ1) is 85.0. The van der Waals surface area contributed by atoms with Crippen LogP contribution in [0, 0.1) is 23.7 Å². The maximum absolute atomic E-state index is 13.1. The van der Waals surface area contributed by atoms with Gasteiger partial charge < -0.3 is 69.7 Å². The van der Waals surface area contributed by atoms with Crippen LogP contribution in [0.3, 0.4) is 0 Å². The second-order valence-corrected chi connectivity index (χ2v) is 27.4. The Kier molecular flexibility index (Phi) is 39.2. The minimum atomic E-state index is -5.11. The monoisotopic (exact) mass is 1310 g/mol. The Balaban J connectivity index is 0.000000900. The number of hydrogen-bond acceptors (Lipinski definition) is 22. The van der Waals surface area contributed by atoms with Crippen LogP contribution in [0.15, 0.2) is 121 Å². The molecule has 4 amide bonds. The molecule has 4 aromatic rings. The molecular weight excluding hydrogens is 1220 g/mol. The molecule has 0 aliphatic carbocycles. The van der Waals surface area contributed by atoms with E-state index in [1.165, 1.54) is 0 Å². The van der Waals surface area contributed by atoms with Crippen LogP contribution in [-0.4, -0.2) is 120 Å². The molecule has 24 nitrogen and oxygen atoms in total. The van der Waals surface area contributed by atoms with E-state index in [4.69, 9.17) is 39.0 Å². The number of nitrogens with one attached hydrogen (secondary N) is 4. The van der Waals surface area contributed by atoms with E-state index < -0.39 is 124 Å². The van der Waals surface area contributed by atoms with Gasteiger partial charge in [0, 0.05) is 25.2 Å². The third-order valence-corrected chi connectivity index (χ3v) is 15.0. The number of phosphoric ester groups is 2. The molecule has 0 saturated heterocycles. The summed E-state index contributed by atoms with van der Waals surface area (Å²) in [6.07, 6.45) is -2.67. The summed E-state index contributed by atoms with van der Waals surface area (Å²) < 4.78 is 54.8. The van der Waals surface area contributed by atoms with Crippen LogP contribution in [0.4, 0.5) is 9.59 Å². The van der Waals surface area contributed by atoms with E-state index in [-0.39, 0.29) is 88.3 Å². The summed E-state index contributed by atoms with van der Waals surface area (Å²) in [5.41, 5.74) is 14.2. The molecular formula is C64H94Li2N6O18P2. The predicted molar refractivity (Wildman–Crippen MR) is 335 cm³/mol. The smallest absolute Gasteiger partial charge is 0.746 e. The number of rotatable bonds is 34. The van der Waals surface area contributed by atoms with E-state index >= 15 is 0 Å². The van der Waals surface area contributed by atoms with E-state index in [0.717, 1.165) is 22.3 Å². The average molecular weight is 1310 g/mol. The Morgan fingerprint density at radius 2 is 0.750 bits per heavy atom. The predicted octanol–water partition coefficient (Wildman–Crippen LogP) is 0.508. The van der Waals surface area contributed by atoms with Crippen molar-refractivity contribution in [2.75, 3.05) is 26.3 Å². The van der Waals surface area contributed by atoms with E-state index in [9.17, 15) is 57.9 Å². The maximum Gasteiger partial charge on any atom is 1.00 e. The minimum absolute atomic E-state index is 0.